The van der Waals surface area contributed by atoms with Crippen LogP contribution >= 0.6 is 0 Å². The third-order valence-electron chi connectivity index (χ3n) is 4.37. The molecule has 1 amide bonds. The van der Waals surface area contributed by atoms with Crippen molar-refractivity contribution in [3.63, 3.8) is 0 Å². The van der Waals surface area contributed by atoms with Gasteiger partial charge in [-0.15, -0.1) is 0 Å². The fourth-order valence-corrected chi connectivity index (χ4v) is 2.95. The molecule has 3 nitrogen and oxygen atoms in total. The highest BCUT2D eigenvalue weighted by atomic mass is 16.2. The van der Waals surface area contributed by atoms with E-state index in [-0.39, 0.29) is 17.9 Å². The quantitative estimate of drug-likeness (QED) is 0.839. The third-order valence-corrected chi connectivity index (χ3v) is 4.37. The second kappa shape index (κ2) is 6.78. The van der Waals surface area contributed by atoms with Crippen LogP contribution in [0.1, 0.15) is 54.1 Å². The molecule has 1 aromatic carbocycles. The molecule has 2 N–H and O–H groups in total. The Labute approximate surface area is 126 Å². The fourth-order valence-electron chi connectivity index (χ4n) is 2.95. The van der Waals surface area contributed by atoms with Crippen molar-refractivity contribution < 1.29 is 9.90 Å². The van der Waals surface area contributed by atoms with Gasteiger partial charge in [-0.3, -0.25) is 4.79 Å². The summed E-state index contributed by atoms with van der Waals surface area (Å²) < 4.78 is 0. The average Bonchev–Trinajstić information content (AvgIpc) is 2.91. The molecule has 2 rings (SSSR count). The largest absolute Gasteiger partial charge is 0.384 e. The Bertz CT molecular complexity index is 575. The molecule has 0 atom stereocenters. The Balaban J connectivity index is 2.08. The van der Waals surface area contributed by atoms with Gasteiger partial charge in [-0.2, -0.15) is 0 Å². The molecule has 0 heterocycles. The monoisotopic (exact) mass is 285 g/mol. The van der Waals surface area contributed by atoms with Crippen LogP contribution in [0.5, 0.6) is 0 Å². The summed E-state index contributed by atoms with van der Waals surface area (Å²) >= 11 is 0. The third kappa shape index (κ3) is 3.86. The van der Waals surface area contributed by atoms with Crippen LogP contribution in [0.3, 0.4) is 0 Å². The van der Waals surface area contributed by atoms with Gasteiger partial charge in [0.25, 0.3) is 5.91 Å². The number of carbonyl (C=O) groups is 1. The van der Waals surface area contributed by atoms with E-state index < -0.39 is 0 Å². The lowest BCUT2D eigenvalue weighted by Gasteiger charge is -2.24. The smallest absolute Gasteiger partial charge is 0.251 e. The zero-order valence-corrected chi connectivity index (χ0v) is 12.8. The molecule has 0 unspecified atom stereocenters. The topological polar surface area (TPSA) is 49.3 Å². The van der Waals surface area contributed by atoms with Crippen molar-refractivity contribution in [3.8, 4) is 11.8 Å². The average molecular weight is 285 g/mol. The van der Waals surface area contributed by atoms with Gasteiger partial charge in [-0.25, -0.2) is 0 Å². The number of nitrogens with one attached hydrogen (secondary N) is 1. The zero-order chi connectivity index (χ0) is 15.3. The van der Waals surface area contributed by atoms with E-state index in [4.69, 9.17) is 5.11 Å². The van der Waals surface area contributed by atoms with Gasteiger partial charge in [0, 0.05) is 17.7 Å². The summed E-state index contributed by atoms with van der Waals surface area (Å²) in [5, 5.41) is 11.8. The van der Waals surface area contributed by atoms with Crippen molar-refractivity contribution >= 4 is 5.91 Å². The van der Waals surface area contributed by atoms with Gasteiger partial charge >= 0.3 is 0 Å². The maximum atomic E-state index is 12.4. The Morgan fingerprint density at radius 1 is 1.38 bits per heavy atom. The summed E-state index contributed by atoms with van der Waals surface area (Å²) in [6, 6.07) is 5.53. The van der Waals surface area contributed by atoms with E-state index in [1.807, 2.05) is 25.1 Å². The Morgan fingerprint density at radius 2 is 2.10 bits per heavy atom. The standard InChI is InChI=1S/C18H23NO2/c1-14-15(8-6-12-20)7-5-9-16(14)17(21)19-13-18(2)10-3-4-11-18/h5,7,9,20H,3-4,10-13H2,1-2H3,(H,19,21). The van der Waals surface area contributed by atoms with Crippen LogP contribution in [0.25, 0.3) is 0 Å². The summed E-state index contributed by atoms with van der Waals surface area (Å²) in [6.07, 6.45) is 4.90. The van der Waals surface area contributed by atoms with E-state index in [0.29, 0.717) is 5.56 Å². The minimum absolute atomic E-state index is 0.0340. The first kappa shape index (κ1) is 15.6. The number of rotatable bonds is 3. The van der Waals surface area contributed by atoms with Crippen molar-refractivity contribution in [1.82, 2.24) is 5.32 Å². The number of hydrogen-bond acceptors (Lipinski definition) is 2. The number of benzene rings is 1. The SMILES string of the molecule is Cc1c(C#CCO)cccc1C(=O)NCC1(C)CCCC1. The van der Waals surface area contributed by atoms with Crippen LogP contribution in [0, 0.1) is 24.2 Å². The lowest BCUT2D eigenvalue weighted by molar-refractivity contribution is 0.0933. The second-order valence-corrected chi connectivity index (χ2v) is 6.14. The maximum absolute atomic E-state index is 12.4. The van der Waals surface area contributed by atoms with E-state index in [0.717, 1.165) is 17.7 Å². The van der Waals surface area contributed by atoms with E-state index in [1.165, 1.54) is 25.7 Å². The molecule has 1 fully saturated rings. The van der Waals surface area contributed by atoms with Crippen LogP contribution in [-0.2, 0) is 0 Å². The Kier molecular flexibility index (Phi) is 5.03. The fraction of sp³-hybridized carbons (Fsp3) is 0.500. The van der Waals surface area contributed by atoms with E-state index in [1.54, 1.807) is 0 Å². The molecule has 1 saturated carbocycles. The lowest BCUT2D eigenvalue weighted by atomic mass is 9.89. The molecule has 0 saturated heterocycles. The van der Waals surface area contributed by atoms with E-state index >= 15 is 0 Å². The highest BCUT2D eigenvalue weighted by molar-refractivity contribution is 5.96. The summed E-state index contributed by atoms with van der Waals surface area (Å²) in [5.41, 5.74) is 2.58. The van der Waals surface area contributed by atoms with Gasteiger partial charge in [0.2, 0.25) is 0 Å². The molecule has 0 radical (unpaired) electrons. The van der Waals surface area contributed by atoms with Crippen LogP contribution < -0.4 is 5.32 Å². The van der Waals surface area contributed by atoms with E-state index in [2.05, 4.69) is 24.1 Å². The Hall–Kier alpha value is -1.79. The number of aliphatic hydroxyl groups is 1. The predicted octanol–water partition coefficient (Wildman–Crippen LogP) is 2.65. The molecule has 0 spiro atoms. The van der Waals surface area contributed by atoms with Crippen LogP contribution in [0.2, 0.25) is 0 Å². The Morgan fingerprint density at radius 3 is 2.76 bits per heavy atom. The van der Waals surface area contributed by atoms with Gasteiger partial charge in [0.15, 0.2) is 0 Å². The van der Waals surface area contributed by atoms with Crippen molar-refractivity contribution in [1.29, 1.82) is 0 Å². The molecule has 3 heteroatoms. The second-order valence-electron chi connectivity index (χ2n) is 6.14. The molecule has 0 aliphatic heterocycles. The molecule has 0 bridgehead atoms. The highest BCUT2D eigenvalue weighted by Crippen LogP contribution is 2.36. The van der Waals surface area contributed by atoms with Crippen molar-refractivity contribution in [2.24, 2.45) is 5.41 Å². The van der Waals surface area contributed by atoms with Crippen LogP contribution in [0.4, 0.5) is 0 Å². The molecule has 0 aromatic heterocycles. The zero-order valence-electron chi connectivity index (χ0n) is 12.8. The summed E-state index contributed by atoms with van der Waals surface area (Å²) in [5.74, 6) is 5.48. The van der Waals surface area contributed by atoms with Gasteiger partial charge < -0.3 is 10.4 Å². The summed E-state index contributed by atoms with van der Waals surface area (Å²) in [4.78, 5) is 12.4. The predicted molar refractivity (Wildman–Crippen MR) is 84.1 cm³/mol. The molecule has 21 heavy (non-hydrogen) atoms. The van der Waals surface area contributed by atoms with Crippen LogP contribution in [-0.4, -0.2) is 24.2 Å². The molecule has 112 valence electrons. The minimum Gasteiger partial charge on any atom is -0.384 e. The van der Waals surface area contributed by atoms with Crippen molar-refractivity contribution in [2.45, 2.75) is 39.5 Å². The van der Waals surface area contributed by atoms with Gasteiger partial charge in [-0.05, 0) is 42.9 Å². The number of carbonyl (C=O) groups excluding carboxylic acids is 1. The van der Waals surface area contributed by atoms with Crippen LogP contribution in [0.15, 0.2) is 18.2 Å². The molecule has 1 aromatic rings. The molecule has 1 aliphatic rings. The first-order chi connectivity index (χ1) is 10.1. The first-order valence-electron chi connectivity index (χ1n) is 7.53. The van der Waals surface area contributed by atoms with Gasteiger partial charge in [-0.1, -0.05) is 37.7 Å². The molecule has 1 aliphatic carbocycles. The minimum atomic E-state index is -0.172. The lowest BCUT2D eigenvalue weighted by Crippen LogP contribution is -2.34. The van der Waals surface area contributed by atoms with Crippen molar-refractivity contribution in [3.05, 3.63) is 34.9 Å². The van der Waals surface area contributed by atoms with Gasteiger partial charge in [0.1, 0.15) is 6.61 Å². The highest BCUT2D eigenvalue weighted by Gasteiger charge is 2.29. The number of hydrogen-bond donors (Lipinski definition) is 2. The summed E-state index contributed by atoms with van der Waals surface area (Å²) in [7, 11) is 0. The van der Waals surface area contributed by atoms with Crippen molar-refractivity contribution in [2.75, 3.05) is 13.2 Å². The first-order valence-corrected chi connectivity index (χ1v) is 7.53. The molecular weight excluding hydrogens is 262 g/mol. The van der Waals surface area contributed by atoms with Gasteiger partial charge in [0.05, 0.1) is 0 Å². The number of amides is 1. The number of aliphatic hydroxyl groups excluding tert-OH is 1. The summed E-state index contributed by atoms with van der Waals surface area (Å²) in [6.45, 7) is 4.70. The maximum Gasteiger partial charge on any atom is 0.251 e. The normalized spacial score (nSPS) is 16.1. The molecular formula is C18H23NO2. The van der Waals surface area contributed by atoms with E-state index in [9.17, 15) is 4.79 Å².